The van der Waals surface area contributed by atoms with E-state index in [1.54, 1.807) is 12.1 Å². The van der Waals surface area contributed by atoms with Gasteiger partial charge in [0, 0.05) is 23.9 Å². The quantitative estimate of drug-likeness (QED) is 0.504. The number of hydrogen-bond acceptors (Lipinski definition) is 4. The van der Waals surface area contributed by atoms with Crippen LogP contribution in [-0.4, -0.2) is 17.7 Å². The molecule has 0 fully saturated rings. The molecule has 154 valence electrons. The van der Waals surface area contributed by atoms with Gasteiger partial charge in [0.05, 0.1) is 0 Å². The molecule has 3 rings (SSSR count). The number of fused-ring (bicyclic) bond motifs is 1. The summed E-state index contributed by atoms with van der Waals surface area (Å²) in [6.45, 7) is 10.8. The van der Waals surface area contributed by atoms with Gasteiger partial charge in [0.25, 0.3) is 0 Å². The lowest BCUT2D eigenvalue weighted by molar-refractivity contribution is -0.137. The number of carbonyl (C=O) groups is 1. The number of hydrogen-bond donors (Lipinski definition) is 1. The zero-order chi connectivity index (χ0) is 21.2. The fraction of sp³-hybridized carbons (Fsp3) is 0.417. The molecule has 0 saturated carbocycles. The Morgan fingerprint density at radius 2 is 2.07 bits per heavy atom. The van der Waals surface area contributed by atoms with Gasteiger partial charge in [0.2, 0.25) is 0 Å². The average Bonchev–Trinajstić information content (AvgIpc) is 2.65. The molecule has 2 atom stereocenters. The molecule has 5 heteroatoms. The van der Waals surface area contributed by atoms with Crippen molar-refractivity contribution < 1.29 is 19.1 Å². The van der Waals surface area contributed by atoms with Crippen molar-refractivity contribution in [1.29, 1.82) is 0 Å². The molecule has 29 heavy (non-hydrogen) atoms. The zero-order valence-electron chi connectivity index (χ0n) is 17.3. The van der Waals surface area contributed by atoms with Crippen LogP contribution in [0.4, 0.5) is 0 Å². The Labute approximate surface area is 170 Å². The predicted octanol–water partition coefficient (Wildman–Crippen LogP) is 5.35. The standard InChI is InChI=1S/C24H28O5/c1-15(2)19-9-5-16(3)20(24(19,4)12-11-22(25)26)14-28-18-8-6-17-7-10-23(27)29-21(17)13-18/h6-8,10,13,19H,1,5,9,11-12,14H2,2-4H3,(H,25,26)/t19-,24-/m1/s1. The molecule has 0 amide bonds. The normalized spacial score (nSPS) is 22.0. The lowest BCUT2D eigenvalue weighted by Crippen LogP contribution is -2.37. The summed E-state index contributed by atoms with van der Waals surface area (Å²) in [5.74, 6) is 0.0451. The third-order valence-corrected chi connectivity index (χ3v) is 6.21. The van der Waals surface area contributed by atoms with Crippen molar-refractivity contribution in [3.05, 3.63) is 64.1 Å². The third-order valence-electron chi connectivity index (χ3n) is 6.21. The monoisotopic (exact) mass is 396 g/mol. The van der Waals surface area contributed by atoms with E-state index in [9.17, 15) is 14.7 Å². The predicted molar refractivity (Wildman–Crippen MR) is 113 cm³/mol. The number of benzene rings is 1. The van der Waals surface area contributed by atoms with E-state index in [1.165, 1.54) is 11.6 Å². The highest BCUT2D eigenvalue weighted by molar-refractivity contribution is 5.77. The minimum absolute atomic E-state index is 0.109. The summed E-state index contributed by atoms with van der Waals surface area (Å²) in [6.07, 6.45) is 2.58. The van der Waals surface area contributed by atoms with E-state index in [2.05, 4.69) is 20.4 Å². The maximum Gasteiger partial charge on any atom is 0.336 e. The molecule has 5 nitrogen and oxygen atoms in total. The fourth-order valence-electron chi connectivity index (χ4n) is 4.58. The van der Waals surface area contributed by atoms with Gasteiger partial charge in [-0.3, -0.25) is 4.79 Å². The van der Waals surface area contributed by atoms with Crippen molar-refractivity contribution in [2.45, 2.75) is 46.5 Å². The molecule has 1 aliphatic rings. The molecule has 1 aliphatic carbocycles. The van der Waals surface area contributed by atoms with Crippen LogP contribution in [0.1, 0.15) is 46.5 Å². The van der Waals surface area contributed by atoms with Gasteiger partial charge in [-0.2, -0.15) is 0 Å². The van der Waals surface area contributed by atoms with Crippen molar-refractivity contribution in [2.24, 2.45) is 11.3 Å². The van der Waals surface area contributed by atoms with Crippen molar-refractivity contribution in [3.63, 3.8) is 0 Å². The summed E-state index contributed by atoms with van der Waals surface area (Å²) >= 11 is 0. The summed E-state index contributed by atoms with van der Waals surface area (Å²) in [4.78, 5) is 22.8. The Bertz CT molecular complexity index is 1030. The molecule has 0 radical (unpaired) electrons. The lowest BCUT2D eigenvalue weighted by atomic mass is 9.60. The topological polar surface area (TPSA) is 76.7 Å². The first-order chi connectivity index (χ1) is 13.7. The summed E-state index contributed by atoms with van der Waals surface area (Å²) in [6, 6.07) is 8.55. The second kappa shape index (κ2) is 8.27. The molecule has 0 saturated heterocycles. The zero-order valence-corrected chi connectivity index (χ0v) is 17.3. The summed E-state index contributed by atoms with van der Waals surface area (Å²) in [7, 11) is 0. The Morgan fingerprint density at radius 1 is 1.34 bits per heavy atom. The van der Waals surface area contributed by atoms with E-state index in [1.807, 2.05) is 19.1 Å². The van der Waals surface area contributed by atoms with Crippen LogP contribution >= 0.6 is 0 Å². The van der Waals surface area contributed by atoms with Crippen LogP contribution in [0.25, 0.3) is 11.0 Å². The van der Waals surface area contributed by atoms with E-state index < -0.39 is 11.6 Å². The first-order valence-corrected chi connectivity index (χ1v) is 9.93. The lowest BCUT2D eigenvalue weighted by Gasteiger charge is -2.45. The minimum Gasteiger partial charge on any atom is -0.489 e. The Balaban J connectivity index is 1.88. The van der Waals surface area contributed by atoms with Crippen LogP contribution < -0.4 is 10.4 Å². The SMILES string of the molecule is C=C(C)[C@H]1CCC(C)=C(COc2ccc3ccc(=O)oc3c2)[C@]1(C)CCC(=O)O. The smallest absolute Gasteiger partial charge is 0.336 e. The van der Waals surface area contributed by atoms with E-state index >= 15 is 0 Å². The highest BCUT2D eigenvalue weighted by Gasteiger charge is 2.41. The number of ether oxygens (including phenoxy) is 1. The van der Waals surface area contributed by atoms with Gasteiger partial charge in [-0.25, -0.2) is 4.79 Å². The fourth-order valence-corrected chi connectivity index (χ4v) is 4.58. The van der Waals surface area contributed by atoms with E-state index in [-0.39, 0.29) is 17.8 Å². The van der Waals surface area contributed by atoms with Crippen molar-refractivity contribution in [1.82, 2.24) is 0 Å². The van der Waals surface area contributed by atoms with Crippen LogP contribution in [-0.2, 0) is 4.79 Å². The van der Waals surface area contributed by atoms with Crippen LogP contribution in [0, 0.1) is 11.3 Å². The van der Waals surface area contributed by atoms with E-state index in [4.69, 9.17) is 9.15 Å². The Kier molecular flexibility index (Phi) is 5.96. The highest BCUT2D eigenvalue weighted by atomic mass is 16.5. The molecule has 0 aliphatic heterocycles. The van der Waals surface area contributed by atoms with E-state index in [0.29, 0.717) is 24.4 Å². The third kappa shape index (κ3) is 4.44. The largest absolute Gasteiger partial charge is 0.489 e. The van der Waals surface area contributed by atoms with Gasteiger partial charge in [-0.15, -0.1) is 0 Å². The second-order valence-corrected chi connectivity index (χ2v) is 8.25. The molecule has 0 bridgehead atoms. The number of rotatable bonds is 7. The molecular weight excluding hydrogens is 368 g/mol. The molecule has 2 aromatic rings. The van der Waals surface area contributed by atoms with E-state index in [0.717, 1.165) is 29.4 Å². The molecule has 1 aromatic carbocycles. The van der Waals surface area contributed by atoms with Crippen LogP contribution in [0.5, 0.6) is 5.75 Å². The molecule has 1 N–H and O–H groups in total. The molecular formula is C24H28O5. The number of aliphatic carboxylic acids is 1. The van der Waals surface area contributed by atoms with Gasteiger partial charge in [0.1, 0.15) is 17.9 Å². The number of carboxylic acids is 1. The molecule has 1 heterocycles. The van der Waals surface area contributed by atoms with Crippen LogP contribution in [0.15, 0.2) is 62.8 Å². The molecule has 0 spiro atoms. The molecule has 0 unspecified atom stereocenters. The highest BCUT2D eigenvalue weighted by Crippen LogP contribution is 2.50. The minimum atomic E-state index is -0.792. The second-order valence-electron chi connectivity index (χ2n) is 8.25. The number of allylic oxidation sites excluding steroid dienone is 2. The van der Waals surface area contributed by atoms with Crippen molar-refractivity contribution in [2.75, 3.05) is 6.61 Å². The van der Waals surface area contributed by atoms with Crippen LogP contribution in [0.3, 0.4) is 0 Å². The Morgan fingerprint density at radius 3 is 2.76 bits per heavy atom. The van der Waals surface area contributed by atoms with Crippen molar-refractivity contribution >= 4 is 16.9 Å². The average molecular weight is 396 g/mol. The number of carboxylic acid groups (broad SMARTS) is 1. The Hall–Kier alpha value is -2.82. The van der Waals surface area contributed by atoms with Gasteiger partial charge < -0.3 is 14.3 Å². The van der Waals surface area contributed by atoms with Gasteiger partial charge >= 0.3 is 11.6 Å². The van der Waals surface area contributed by atoms with Gasteiger partial charge in [0.15, 0.2) is 0 Å². The van der Waals surface area contributed by atoms with Crippen LogP contribution in [0.2, 0.25) is 0 Å². The maximum absolute atomic E-state index is 11.5. The van der Waals surface area contributed by atoms with Crippen molar-refractivity contribution in [3.8, 4) is 5.75 Å². The summed E-state index contributed by atoms with van der Waals surface area (Å²) in [5, 5.41) is 10.1. The maximum atomic E-state index is 11.5. The van der Waals surface area contributed by atoms with Gasteiger partial charge in [-0.1, -0.05) is 24.6 Å². The first-order valence-electron chi connectivity index (χ1n) is 9.93. The van der Waals surface area contributed by atoms with Gasteiger partial charge in [-0.05, 0) is 68.2 Å². The summed E-state index contributed by atoms with van der Waals surface area (Å²) in [5.41, 5.74) is 3.25. The first kappa shape index (κ1) is 20.9. The molecule has 1 aromatic heterocycles. The summed E-state index contributed by atoms with van der Waals surface area (Å²) < 4.78 is 11.3.